The van der Waals surface area contributed by atoms with Crippen LogP contribution in [0, 0.1) is 0 Å². The average molecular weight is 359 g/mol. The van der Waals surface area contributed by atoms with Crippen molar-refractivity contribution in [3.8, 4) is 22.6 Å². The lowest BCUT2D eigenvalue weighted by Crippen LogP contribution is -2.31. The molecule has 1 N–H and O–H groups in total. The Kier molecular flexibility index (Phi) is 5.52. The van der Waals surface area contributed by atoms with Crippen LogP contribution in [0.1, 0.15) is 18.4 Å². The van der Waals surface area contributed by atoms with Crippen molar-refractivity contribution in [1.29, 1.82) is 0 Å². The minimum Gasteiger partial charge on any atom is -0.457 e. The molecule has 0 radical (unpaired) electrons. The lowest BCUT2D eigenvalue weighted by Gasteiger charge is -2.22. The number of nitrogens with zero attached hydrogens (tertiary/aromatic N) is 1. The molecule has 1 fully saturated rings. The van der Waals surface area contributed by atoms with Crippen molar-refractivity contribution in [2.45, 2.75) is 25.4 Å². The van der Waals surface area contributed by atoms with E-state index in [0.29, 0.717) is 6.04 Å². The fourth-order valence-electron chi connectivity index (χ4n) is 3.71. The van der Waals surface area contributed by atoms with Gasteiger partial charge in [0.05, 0.1) is 6.61 Å². The molecule has 0 amide bonds. The summed E-state index contributed by atoms with van der Waals surface area (Å²) in [5.74, 6) is 1.67. The van der Waals surface area contributed by atoms with E-state index < -0.39 is 0 Å². The number of aliphatic hydroxyl groups excluding tert-OH is 1. The van der Waals surface area contributed by atoms with Crippen LogP contribution in [-0.4, -0.2) is 29.2 Å². The molecule has 1 heterocycles. The molecule has 3 aromatic rings. The largest absolute Gasteiger partial charge is 0.457 e. The highest BCUT2D eigenvalue weighted by Gasteiger charge is 2.23. The first-order valence-electron chi connectivity index (χ1n) is 9.59. The third kappa shape index (κ3) is 4.38. The quantitative estimate of drug-likeness (QED) is 0.664. The van der Waals surface area contributed by atoms with Crippen LogP contribution in [0.3, 0.4) is 0 Å². The summed E-state index contributed by atoms with van der Waals surface area (Å²) in [5, 5.41) is 9.47. The third-order valence-electron chi connectivity index (χ3n) is 5.20. The normalized spacial score (nSPS) is 17.1. The van der Waals surface area contributed by atoms with Gasteiger partial charge < -0.3 is 9.84 Å². The summed E-state index contributed by atoms with van der Waals surface area (Å²) in [6.07, 6.45) is 2.26. The smallest absolute Gasteiger partial charge is 0.128 e. The van der Waals surface area contributed by atoms with Crippen LogP contribution < -0.4 is 4.74 Å². The van der Waals surface area contributed by atoms with Crippen molar-refractivity contribution in [3.05, 3.63) is 84.4 Å². The van der Waals surface area contributed by atoms with Gasteiger partial charge in [0.1, 0.15) is 11.5 Å². The van der Waals surface area contributed by atoms with Gasteiger partial charge in [0.15, 0.2) is 0 Å². The Balaban J connectivity index is 1.43. The molecule has 3 nitrogen and oxygen atoms in total. The van der Waals surface area contributed by atoms with Gasteiger partial charge in [0.2, 0.25) is 0 Å². The number of hydrogen-bond acceptors (Lipinski definition) is 3. The molecule has 1 aliphatic rings. The maximum absolute atomic E-state index is 9.47. The summed E-state index contributed by atoms with van der Waals surface area (Å²) < 4.78 is 6.05. The van der Waals surface area contributed by atoms with Crippen LogP contribution in [0.5, 0.6) is 11.5 Å². The summed E-state index contributed by atoms with van der Waals surface area (Å²) in [4.78, 5) is 2.36. The van der Waals surface area contributed by atoms with Gasteiger partial charge in [-0.1, -0.05) is 54.6 Å². The fourth-order valence-corrected chi connectivity index (χ4v) is 3.71. The van der Waals surface area contributed by atoms with E-state index in [1.165, 1.54) is 17.5 Å². The lowest BCUT2D eigenvalue weighted by molar-refractivity contribution is 0.153. The number of rotatable bonds is 6. The van der Waals surface area contributed by atoms with Crippen LogP contribution in [0.4, 0.5) is 0 Å². The van der Waals surface area contributed by atoms with E-state index in [9.17, 15) is 5.11 Å². The average Bonchev–Trinajstić information content (AvgIpc) is 3.17. The molecule has 3 heteroatoms. The Morgan fingerprint density at radius 3 is 2.41 bits per heavy atom. The maximum atomic E-state index is 9.47. The molecule has 1 aliphatic heterocycles. The molecule has 27 heavy (non-hydrogen) atoms. The van der Waals surface area contributed by atoms with Crippen LogP contribution in [0.2, 0.25) is 0 Å². The van der Waals surface area contributed by atoms with Crippen molar-refractivity contribution in [1.82, 2.24) is 4.90 Å². The SMILES string of the molecule is OC[C@H]1CCCN1Cc1ccc(Oc2cccc(-c3ccccc3)c2)cc1. The number of benzene rings is 3. The second-order valence-corrected chi connectivity index (χ2v) is 7.09. The number of likely N-dealkylation sites (tertiary alicyclic amines) is 1. The molecule has 1 atom stereocenters. The second-order valence-electron chi connectivity index (χ2n) is 7.09. The van der Waals surface area contributed by atoms with Crippen molar-refractivity contribution in [2.75, 3.05) is 13.2 Å². The van der Waals surface area contributed by atoms with E-state index in [1.54, 1.807) is 0 Å². The highest BCUT2D eigenvalue weighted by atomic mass is 16.5. The van der Waals surface area contributed by atoms with Gasteiger partial charge in [0, 0.05) is 12.6 Å². The zero-order chi connectivity index (χ0) is 18.5. The Hall–Kier alpha value is -2.62. The highest BCUT2D eigenvalue weighted by molar-refractivity contribution is 5.65. The first kappa shape index (κ1) is 17.8. The van der Waals surface area contributed by atoms with Gasteiger partial charge in [-0.3, -0.25) is 4.90 Å². The predicted molar refractivity (Wildman–Crippen MR) is 109 cm³/mol. The van der Waals surface area contributed by atoms with E-state index in [2.05, 4.69) is 41.3 Å². The molecule has 138 valence electrons. The van der Waals surface area contributed by atoms with Gasteiger partial charge >= 0.3 is 0 Å². The zero-order valence-corrected chi connectivity index (χ0v) is 15.4. The van der Waals surface area contributed by atoms with Crippen LogP contribution in [-0.2, 0) is 6.54 Å². The van der Waals surface area contributed by atoms with Gasteiger partial charge in [-0.25, -0.2) is 0 Å². The van der Waals surface area contributed by atoms with Gasteiger partial charge in [-0.2, -0.15) is 0 Å². The van der Waals surface area contributed by atoms with Crippen molar-refractivity contribution in [2.24, 2.45) is 0 Å². The molecule has 0 aromatic heterocycles. The summed E-state index contributed by atoms with van der Waals surface area (Å²) in [6.45, 7) is 2.20. The van der Waals surface area contributed by atoms with E-state index in [0.717, 1.165) is 36.6 Å². The van der Waals surface area contributed by atoms with Gasteiger partial charge in [-0.15, -0.1) is 0 Å². The van der Waals surface area contributed by atoms with Crippen molar-refractivity contribution < 1.29 is 9.84 Å². The van der Waals surface area contributed by atoms with Gasteiger partial charge in [-0.05, 0) is 60.3 Å². The van der Waals surface area contributed by atoms with E-state index in [4.69, 9.17) is 4.74 Å². The molecule has 3 aromatic carbocycles. The van der Waals surface area contributed by atoms with E-state index in [1.807, 2.05) is 42.5 Å². The molecule has 0 unspecified atom stereocenters. The third-order valence-corrected chi connectivity index (χ3v) is 5.20. The molecular formula is C24H25NO2. The molecule has 0 aliphatic carbocycles. The van der Waals surface area contributed by atoms with E-state index in [-0.39, 0.29) is 6.61 Å². The molecule has 4 rings (SSSR count). The van der Waals surface area contributed by atoms with Crippen LogP contribution >= 0.6 is 0 Å². The van der Waals surface area contributed by atoms with E-state index >= 15 is 0 Å². The predicted octanol–water partition coefficient (Wildman–Crippen LogP) is 5.10. The minimum atomic E-state index is 0.249. The summed E-state index contributed by atoms with van der Waals surface area (Å²) in [5.41, 5.74) is 3.58. The lowest BCUT2D eigenvalue weighted by atomic mass is 10.1. The fraction of sp³-hybridized carbons (Fsp3) is 0.250. The maximum Gasteiger partial charge on any atom is 0.128 e. The monoisotopic (exact) mass is 359 g/mol. The number of aliphatic hydroxyl groups is 1. The standard InChI is InChI=1S/C24H25NO2/c26-18-22-9-5-15-25(22)17-19-11-13-23(14-12-19)27-24-10-4-8-21(16-24)20-6-2-1-3-7-20/h1-4,6-8,10-14,16,22,26H,5,9,15,17-18H2/t22-/m1/s1. The Morgan fingerprint density at radius 1 is 0.852 bits per heavy atom. The van der Waals surface area contributed by atoms with Crippen molar-refractivity contribution in [3.63, 3.8) is 0 Å². The first-order valence-corrected chi connectivity index (χ1v) is 9.59. The molecule has 1 saturated heterocycles. The molecule has 0 saturated carbocycles. The zero-order valence-electron chi connectivity index (χ0n) is 15.4. The minimum absolute atomic E-state index is 0.249. The highest BCUT2D eigenvalue weighted by Crippen LogP contribution is 2.28. The Morgan fingerprint density at radius 2 is 1.63 bits per heavy atom. The van der Waals surface area contributed by atoms with Crippen LogP contribution in [0.25, 0.3) is 11.1 Å². The Bertz CT molecular complexity index is 861. The summed E-state index contributed by atoms with van der Waals surface area (Å²) in [7, 11) is 0. The number of hydrogen-bond donors (Lipinski definition) is 1. The Labute approximate surface area is 160 Å². The molecule has 0 spiro atoms. The van der Waals surface area contributed by atoms with Crippen LogP contribution in [0.15, 0.2) is 78.9 Å². The summed E-state index contributed by atoms with van der Waals surface area (Å²) in [6, 6.07) is 27.1. The second kappa shape index (κ2) is 8.38. The van der Waals surface area contributed by atoms with Gasteiger partial charge in [0.25, 0.3) is 0 Å². The van der Waals surface area contributed by atoms with Crippen molar-refractivity contribution >= 4 is 0 Å². The topological polar surface area (TPSA) is 32.7 Å². The number of ether oxygens (including phenoxy) is 1. The first-order chi connectivity index (χ1) is 13.3. The molecular weight excluding hydrogens is 334 g/mol. The summed E-state index contributed by atoms with van der Waals surface area (Å²) >= 11 is 0. The molecule has 0 bridgehead atoms.